The number of halogens is 1. The lowest BCUT2D eigenvalue weighted by atomic mass is 10.1. The fourth-order valence-electron chi connectivity index (χ4n) is 1.35. The fourth-order valence-corrected chi connectivity index (χ4v) is 1.35. The van der Waals surface area contributed by atoms with Crippen LogP contribution in [0.3, 0.4) is 0 Å². The Morgan fingerprint density at radius 1 is 1.00 bits per heavy atom. The molecule has 0 bridgehead atoms. The highest BCUT2D eigenvalue weighted by Gasteiger charge is 2.38. The highest BCUT2D eigenvalue weighted by atomic mass is 35.5. The topological polar surface area (TPSA) is 26.0 Å². The van der Waals surface area contributed by atoms with Gasteiger partial charge in [-0.25, -0.2) is 0 Å². The van der Waals surface area contributed by atoms with Crippen LogP contribution in [0.4, 0.5) is 0 Å². The first-order chi connectivity index (χ1) is 3.88. The molecular weight excluding hydrogens is 134 g/mol. The molecule has 0 aromatic rings. The molecule has 2 fully saturated rings. The van der Waals surface area contributed by atoms with E-state index < -0.39 is 0 Å². The molecule has 2 N–H and O–H groups in total. The van der Waals surface area contributed by atoms with Crippen LogP contribution in [0.25, 0.3) is 0 Å². The van der Waals surface area contributed by atoms with Gasteiger partial charge in [0.05, 0.1) is 0 Å². The molecule has 54 valence electrons. The van der Waals surface area contributed by atoms with Crippen LogP contribution in [0.15, 0.2) is 0 Å². The average Bonchev–Trinajstić information content (AvgIpc) is 2.63. The van der Waals surface area contributed by atoms with Crippen LogP contribution in [0, 0.1) is 11.8 Å². The van der Waals surface area contributed by atoms with Crippen molar-refractivity contribution in [2.75, 3.05) is 0 Å². The average molecular weight is 147 g/mol. The molecule has 0 atom stereocenters. The first-order valence-corrected chi connectivity index (χ1v) is 3.63. The van der Waals surface area contributed by atoms with E-state index in [1.807, 2.05) is 0 Å². The Kier molecular flexibility index (Phi) is 2.02. The minimum absolute atomic E-state index is 0. The maximum Gasteiger partial charge on any atom is 0.00956 e. The van der Waals surface area contributed by atoms with Gasteiger partial charge in [0.1, 0.15) is 0 Å². The highest BCUT2D eigenvalue weighted by Crippen LogP contribution is 2.43. The van der Waals surface area contributed by atoms with Crippen molar-refractivity contribution < 1.29 is 12.4 Å². The molecular formula is C7H13ClN-. The second-order valence-corrected chi connectivity index (χ2v) is 3.25. The van der Waals surface area contributed by atoms with Crippen molar-refractivity contribution in [3.8, 4) is 0 Å². The predicted octanol–water partition coefficient (Wildman–Crippen LogP) is -1.86. The molecule has 0 radical (unpaired) electrons. The fraction of sp³-hybridized carbons (Fsp3) is 1.00. The van der Waals surface area contributed by atoms with Crippen LogP contribution in [0.1, 0.15) is 25.7 Å². The van der Waals surface area contributed by atoms with Gasteiger partial charge in [0, 0.05) is 6.04 Å². The van der Waals surface area contributed by atoms with E-state index in [-0.39, 0.29) is 12.4 Å². The predicted molar refractivity (Wildman–Crippen MR) is 33.4 cm³/mol. The van der Waals surface area contributed by atoms with Crippen molar-refractivity contribution in [2.45, 2.75) is 31.7 Å². The molecule has 9 heavy (non-hydrogen) atoms. The van der Waals surface area contributed by atoms with Gasteiger partial charge in [-0.05, 0) is 37.5 Å². The Hall–Kier alpha value is 0.250. The third-order valence-electron chi connectivity index (χ3n) is 2.33. The van der Waals surface area contributed by atoms with Crippen molar-refractivity contribution in [1.82, 2.24) is 0 Å². The third kappa shape index (κ3) is 1.59. The molecule has 0 amide bonds. The van der Waals surface area contributed by atoms with E-state index in [1.54, 1.807) is 0 Å². The largest absolute Gasteiger partial charge is 1.00 e. The summed E-state index contributed by atoms with van der Waals surface area (Å²) in [6, 6.07) is 0.593. The minimum Gasteiger partial charge on any atom is -1.00 e. The zero-order chi connectivity index (χ0) is 5.56. The molecule has 0 aromatic heterocycles. The molecule has 0 spiro atoms. The Morgan fingerprint density at radius 3 is 1.56 bits per heavy atom. The second kappa shape index (κ2) is 2.47. The Balaban J connectivity index is 0.000000405. The van der Waals surface area contributed by atoms with E-state index in [9.17, 15) is 0 Å². The standard InChI is InChI=1S/C7H13N.ClH/c8-7(5-1-2-5)6-3-4-6;/h5-7H,1-4,8H2;1H/p-1. The Labute approximate surface area is 62.4 Å². The molecule has 2 saturated carbocycles. The smallest absolute Gasteiger partial charge is 0.00956 e. The lowest BCUT2D eigenvalue weighted by Gasteiger charge is -2.05. The summed E-state index contributed by atoms with van der Waals surface area (Å²) in [6.07, 6.45) is 5.66. The molecule has 2 rings (SSSR count). The van der Waals surface area contributed by atoms with Gasteiger partial charge in [-0.2, -0.15) is 0 Å². The van der Waals surface area contributed by atoms with Crippen LogP contribution in [-0.2, 0) is 0 Å². The van der Waals surface area contributed by atoms with E-state index in [0.717, 1.165) is 11.8 Å². The maximum atomic E-state index is 5.88. The van der Waals surface area contributed by atoms with E-state index in [4.69, 9.17) is 5.73 Å². The van der Waals surface area contributed by atoms with Crippen LogP contribution in [0.5, 0.6) is 0 Å². The molecule has 2 heteroatoms. The molecule has 0 saturated heterocycles. The summed E-state index contributed by atoms with van der Waals surface area (Å²) in [5, 5.41) is 0. The van der Waals surface area contributed by atoms with Crippen molar-refractivity contribution in [1.29, 1.82) is 0 Å². The highest BCUT2D eigenvalue weighted by molar-refractivity contribution is 4.93. The molecule has 0 heterocycles. The molecule has 0 unspecified atom stereocenters. The summed E-state index contributed by atoms with van der Waals surface area (Å²) in [4.78, 5) is 0. The van der Waals surface area contributed by atoms with Crippen molar-refractivity contribution in [3.63, 3.8) is 0 Å². The number of hydrogen-bond donors (Lipinski definition) is 1. The zero-order valence-corrected chi connectivity index (χ0v) is 6.27. The Bertz CT molecular complexity index is 85.1. The molecule has 2 aliphatic carbocycles. The summed E-state index contributed by atoms with van der Waals surface area (Å²) in [5.41, 5.74) is 5.88. The van der Waals surface area contributed by atoms with Gasteiger partial charge in [-0.3, -0.25) is 0 Å². The van der Waals surface area contributed by atoms with E-state index in [2.05, 4.69) is 0 Å². The first-order valence-electron chi connectivity index (χ1n) is 3.63. The normalized spacial score (nSPS) is 26.0. The summed E-state index contributed by atoms with van der Waals surface area (Å²) < 4.78 is 0. The van der Waals surface area contributed by atoms with Crippen LogP contribution < -0.4 is 18.1 Å². The van der Waals surface area contributed by atoms with Crippen molar-refractivity contribution in [3.05, 3.63) is 0 Å². The van der Waals surface area contributed by atoms with Gasteiger partial charge in [0.15, 0.2) is 0 Å². The minimum atomic E-state index is 0. The lowest BCUT2D eigenvalue weighted by molar-refractivity contribution is -0.00000179. The van der Waals surface area contributed by atoms with Gasteiger partial charge >= 0.3 is 0 Å². The Morgan fingerprint density at radius 2 is 1.33 bits per heavy atom. The number of nitrogens with two attached hydrogens (primary N) is 1. The summed E-state index contributed by atoms with van der Waals surface area (Å²) >= 11 is 0. The van der Waals surface area contributed by atoms with Gasteiger partial charge in [0.25, 0.3) is 0 Å². The number of rotatable bonds is 2. The molecule has 0 aromatic carbocycles. The number of hydrogen-bond acceptors (Lipinski definition) is 1. The van der Waals surface area contributed by atoms with E-state index >= 15 is 0 Å². The first kappa shape index (κ1) is 7.36. The molecule has 0 aliphatic heterocycles. The SMILES string of the molecule is NC(C1CC1)C1CC1.[Cl-]. The third-order valence-corrected chi connectivity index (χ3v) is 2.33. The van der Waals surface area contributed by atoms with Crippen LogP contribution >= 0.6 is 0 Å². The van der Waals surface area contributed by atoms with E-state index in [1.165, 1.54) is 25.7 Å². The lowest BCUT2D eigenvalue weighted by Crippen LogP contribution is -3.00. The summed E-state index contributed by atoms with van der Waals surface area (Å²) in [7, 11) is 0. The zero-order valence-electron chi connectivity index (χ0n) is 5.52. The van der Waals surface area contributed by atoms with Gasteiger partial charge < -0.3 is 18.1 Å². The summed E-state index contributed by atoms with van der Waals surface area (Å²) in [5.74, 6) is 1.87. The quantitative estimate of drug-likeness (QED) is 0.486. The maximum absolute atomic E-state index is 5.88. The molecule has 2 aliphatic rings. The van der Waals surface area contributed by atoms with Gasteiger partial charge in [-0.1, -0.05) is 0 Å². The van der Waals surface area contributed by atoms with Crippen LogP contribution in [0.2, 0.25) is 0 Å². The van der Waals surface area contributed by atoms with Crippen LogP contribution in [-0.4, -0.2) is 6.04 Å². The van der Waals surface area contributed by atoms with Crippen molar-refractivity contribution in [2.24, 2.45) is 17.6 Å². The molecule has 1 nitrogen and oxygen atoms in total. The second-order valence-electron chi connectivity index (χ2n) is 3.25. The van der Waals surface area contributed by atoms with Gasteiger partial charge in [0.2, 0.25) is 0 Å². The van der Waals surface area contributed by atoms with E-state index in [0.29, 0.717) is 6.04 Å². The van der Waals surface area contributed by atoms with Gasteiger partial charge in [-0.15, -0.1) is 0 Å². The monoisotopic (exact) mass is 146 g/mol. The van der Waals surface area contributed by atoms with Crippen molar-refractivity contribution >= 4 is 0 Å². The summed E-state index contributed by atoms with van der Waals surface area (Å²) in [6.45, 7) is 0.